The fourth-order valence-corrected chi connectivity index (χ4v) is 2.64. The molecule has 1 saturated heterocycles. The summed E-state index contributed by atoms with van der Waals surface area (Å²) in [5.74, 6) is 0.116. The van der Waals surface area contributed by atoms with E-state index >= 15 is 0 Å². The van der Waals surface area contributed by atoms with Crippen LogP contribution in [0.5, 0.6) is 0 Å². The maximum Gasteiger partial charge on any atom is 0.255 e. The van der Waals surface area contributed by atoms with E-state index < -0.39 is 0 Å². The second kappa shape index (κ2) is 7.09. The molecule has 2 rings (SSSR count). The third-order valence-corrected chi connectivity index (χ3v) is 4.17. The maximum absolute atomic E-state index is 12.8. The molecule has 21 heavy (non-hydrogen) atoms. The molecule has 1 atom stereocenters. The van der Waals surface area contributed by atoms with E-state index in [0.717, 1.165) is 43.8 Å². The van der Waals surface area contributed by atoms with E-state index in [-0.39, 0.29) is 12.0 Å². The van der Waals surface area contributed by atoms with Crippen molar-refractivity contribution < 1.29 is 9.53 Å². The van der Waals surface area contributed by atoms with Gasteiger partial charge in [-0.1, -0.05) is 0 Å². The number of likely N-dealkylation sites (N-methyl/N-ethyl adjacent to an activating group) is 1. The van der Waals surface area contributed by atoms with Gasteiger partial charge in [0.25, 0.3) is 5.91 Å². The summed E-state index contributed by atoms with van der Waals surface area (Å²) in [5.41, 5.74) is 1.82. The molecule has 0 aromatic carbocycles. The van der Waals surface area contributed by atoms with Crippen molar-refractivity contribution in [1.29, 1.82) is 0 Å². The Morgan fingerprint density at radius 1 is 1.43 bits per heavy atom. The quantitative estimate of drug-likeness (QED) is 0.798. The minimum Gasteiger partial charge on any atom is -0.376 e. The van der Waals surface area contributed by atoms with Crippen LogP contribution in [0.15, 0.2) is 12.3 Å². The van der Waals surface area contributed by atoms with Crippen LogP contribution in [0, 0.1) is 6.92 Å². The first-order valence-corrected chi connectivity index (χ1v) is 7.66. The monoisotopic (exact) mass is 293 g/mol. The Morgan fingerprint density at radius 2 is 2.19 bits per heavy atom. The average Bonchev–Trinajstić information content (AvgIpc) is 3.05. The Morgan fingerprint density at radius 3 is 2.71 bits per heavy atom. The lowest BCUT2D eigenvalue weighted by atomic mass is 10.2. The summed E-state index contributed by atoms with van der Waals surface area (Å²) in [6, 6.07) is 1.91. The summed E-state index contributed by atoms with van der Waals surface area (Å²) < 4.78 is 7.69. The van der Waals surface area contributed by atoms with Crippen molar-refractivity contribution in [3.8, 4) is 0 Å². The van der Waals surface area contributed by atoms with E-state index in [4.69, 9.17) is 4.74 Å². The molecule has 1 aliphatic heterocycles. The molecular formula is C16H27N3O2. The van der Waals surface area contributed by atoms with Crippen LogP contribution in [-0.4, -0.2) is 66.7 Å². The molecule has 0 aliphatic carbocycles. The van der Waals surface area contributed by atoms with Crippen LogP contribution in [0.2, 0.25) is 0 Å². The van der Waals surface area contributed by atoms with Crippen molar-refractivity contribution in [3.63, 3.8) is 0 Å². The Kier molecular flexibility index (Phi) is 5.42. The molecular weight excluding hydrogens is 266 g/mol. The Bertz CT molecular complexity index is 476. The highest BCUT2D eigenvalue weighted by Crippen LogP contribution is 2.17. The molecule has 1 unspecified atom stereocenters. The molecule has 2 heterocycles. The van der Waals surface area contributed by atoms with Gasteiger partial charge in [0.2, 0.25) is 0 Å². The molecule has 1 fully saturated rings. The largest absolute Gasteiger partial charge is 0.376 e. The van der Waals surface area contributed by atoms with E-state index in [2.05, 4.69) is 4.90 Å². The molecule has 1 aromatic rings. The fourth-order valence-electron chi connectivity index (χ4n) is 2.64. The summed E-state index contributed by atoms with van der Waals surface area (Å²) in [6.45, 7) is 5.11. The summed E-state index contributed by atoms with van der Waals surface area (Å²) in [7, 11) is 6.03. The summed E-state index contributed by atoms with van der Waals surface area (Å²) >= 11 is 0. The highest BCUT2D eigenvalue weighted by atomic mass is 16.5. The van der Waals surface area contributed by atoms with Crippen LogP contribution >= 0.6 is 0 Å². The SMILES string of the molecule is Cc1c(C(=O)N(CCN(C)C)CC2CCCO2)ccn1C. The first-order valence-electron chi connectivity index (χ1n) is 7.66. The molecule has 0 saturated carbocycles. The minimum absolute atomic E-state index is 0.116. The molecule has 1 amide bonds. The van der Waals surface area contributed by atoms with Crippen LogP contribution in [0.3, 0.4) is 0 Å². The number of amides is 1. The smallest absolute Gasteiger partial charge is 0.255 e. The third-order valence-electron chi connectivity index (χ3n) is 4.17. The Balaban J connectivity index is 2.08. The highest BCUT2D eigenvalue weighted by molar-refractivity contribution is 5.95. The number of carbonyl (C=O) groups excluding carboxylic acids is 1. The first kappa shape index (κ1) is 16.0. The molecule has 1 aromatic heterocycles. The van der Waals surface area contributed by atoms with E-state index in [1.165, 1.54) is 0 Å². The second-order valence-electron chi connectivity index (χ2n) is 6.12. The zero-order valence-electron chi connectivity index (χ0n) is 13.6. The van der Waals surface area contributed by atoms with Crippen LogP contribution in [0.25, 0.3) is 0 Å². The number of rotatable bonds is 6. The molecule has 5 heteroatoms. The van der Waals surface area contributed by atoms with Gasteiger partial charge in [0.1, 0.15) is 0 Å². The molecule has 118 valence electrons. The van der Waals surface area contributed by atoms with Gasteiger partial charge in [-0.15, -0.1) is 0 Å². The van der Waals surface area contributed by atoms with Gasteiger partial charge in [-0.05, 0) is 39.9 Å². The third kappa shape index (κ3) is 4.08. The molecule has 1 aliphatic rings. The van der Waals surface area contributed by atoms with Crippen molar-refractivity contribution in [2.24, 2.45) is 7.05 Å². The number of nitrogens with zero attached hydrogens (tertiary/aromatic N) is 3. The topological polar surface area (TPSA) is 37.7 Å². The predicted octanol–water partition coefficient (Wildman–Crippen LogP) is 1.52. The van der Waals surface area contributed by atoms with Gasteiger partial charge in [-0.2, -0.15) is 0 Å². The normalized spacial score (nSPS) is 18.4. The zero-order chi connectivity index (χ0) is 15.4. The molecule has 0 bridgehead atoms. The number of aryl methyl sites for hydroxylation is 1. The van der Waals surface area contributed by atoms with Gasteiger partial charge in [-0.25, -0.2) is 0 Å². The van der Waals surface area contributed by atoms with Gasteiger partial charge in [0, 0.05) is 45.2 Å². The number of aromatic nitrogens is 1. The Hall–Kier alpha value is -1.33. The van der Waals surface area contributed by atoms with Crippen molar-refractivity contribution in [2.75, 3.05) is 40.3 Å². The van der Waals surface area contributed by atoms with Crippen molar-refractivity contribution >= 4 is 5.91 Å². The highest BCUT2D eigenvalue weighted by Gasteiger charge is 2.24. The lowest BCUT2D eigenvalue weighted by molar-refractivity contribution is 0.0511. The van der Waals surface area contributed by atoms with Gasteiger partial charge < -0.3 is 19.1 Å². The molecule has 0 spiro atoms. The predicted molar refractivity (Wildman–Crippen MR) is 83.6 cm³/mol. The minimum atomic E-state index is 0.116. The lowest BCUT2D eigenvalue weighted by Crippen LogP contribution is -2.41. The zero-order valence-corrected chi connectivity index (χ0v) is 13.6. The lowest BCUT2D eigenvalue weighted by Gasteiger charge is -2.27. The maximum atomic E-state index is 12.8. The standard InChI is InChI=1S/C16H27N3O2/c1-13-15(7-8-18(13)4)16(20)19(10-9-17(2)3)12-14-6-5-11-21-14/h7-8,14H,5-6,9-12H2,1-4H3. The van der Waals surface area contributed by atoms with Crippen molar-refractivity contribution in [3.05, 3.63) is 23.5 Å². The first-order chi connectivity index (χ1) is 9.99. The summed E-state index contributed by atoms with van der Waals surface area (Å²) in [6.07, 6.45) is 4.29. The number of ether oxygens (including phenoxy) is 1. The van der Waals surface area contributed by atoms with Crippen LogP contribution in [-0.2, 0) is 11.8 Å². The van der Waals surface area contributed by atoms with Crippen molar-refractivity contribution in [2.45, 2.75) is 25.9 Å². The van der Waals surface area contributed by atoms with Gasteiger partial charge in [-0.3, -0.25) is 4.79 Å². The van der Waals surface area contributed by atoms with Crippen LogP contribution in [0.1, 0.15) is 28.9 Å². The van der Waals surface area contributed by atoms with E-state index in [0.29, 0.717) is 6.54 Å². The Labute approximate surface area is 127 Å². The number of carbonyl (C=O) groups is 1. The fraction of sp³-hybridized carbons (Fsp3) is 0.688. The molecule has 5 nitrogen and oxygen atoms in total. The van der Waals surface area contributed by atoms with E-state index in [9.17, 15) is 4.79 Å². The van der Waals surface area contributed by atoms with Crippen molar-refractivity contribution in [1.82, 2.24) is 14.4 Å². The average molecular weight is 293 g/mol. The van der Waals surface area contributed by atoms with E-state index in [1.807, 2.05) is 49.8 Å². The summed E-state index contributed by atoms with van der Waals surface area (Å²) in [5, 5.41) is 0. The van der Waals surface area contributed by atoms with Crippen LogP contribution < -0.4 is 0 Å². The second-order valence-corrected chi connectivity index (χ2v) is 6.12. The summed E-state index contributed by atoms with van der Waals surface area (Å²) in [4.78, 5) is 16.9. The number of hydrogen-bond acceptors (Lipinski definition) is 3. The number of hydrogen-bond donors (Lipinski definition) is 0. The van der Waals surface area contributed by atoms with E-state index in [1.54, 1.807) is 0 Å². The van der Waals surface area contributed by atoms with Gasteiger partial charge >= 0.3 is 0 Å². The molecule has 0 N–H and O–H groups in total. The molecule has 0 radical (unpaired) electrons. The van der Waals surface area contributed by atoms with Gasteiger partial charge in [0.05, 0.1) is 11.7 Å². The van der Waals surface area contributed by atoms with Gasteiger partial charge in [0.15, 0.2) is 0 Å². The van der Waals surface area contributed by atoms with Crippen LogP contribution in [0.4, 0.5) is 0 Å².